The van der Waals surface area contributed by atoms with Crippen molar-refractivity contribution in [2.75, 3.05) is 50.8 Å². The van der Waals surface area contributed by atoms with Gasteiger partial charge in [0.25, 0.3) is 0 Å². The van der Waals surface area contributed by atoms with Crippen LogP contribution in [0.3, 0.4) is 0 Å². The first-order valence-electron chi connectivity index (χ1n) is 10.6. The third kappa shape index (κ3) is 4.90. The quantitative estimate of drug-likeness (QED) is 0.684. The van der Waals surface area contributed by atoms with E-state index in [-0.39, 0.29) is 23.8 Å². The minimum absolute atomic E-state index is 0.0296. The Kier molecular flexibility index (Phi) is 7.27. The maximum atomic E-state index is 14.3. The van der Waals surface area contributed by atoms with Crippen LogP contribution in [-0.2, 0) is 14.3 Å². The zero-order valence-electron chi connectivity index (χ0n) is 17.6. The highest BCUT2D eigenvalue weighted by molar-refractivity contribution is 5.82. The smallest absolute Gasteiger partial charge is 0.310 e. The zero-order valence-corrected chi connectivity index (χ0v) is 17.6. The number of hydrogen-bond acceptors (Lipinski definition) is 6. The van der Waals surface area contributed by atoms with E-state index in [0.717, 1.165) is 12.8 Å². The topological polar surface area (TPSA) is 76.9 Å². The van der Waals surface area contributed by atoms with E-state index in [1.54, 1.807) is 24.0 Å². The average Bonchev–Trinajstić information content (AvgIpc) is 2.78. The average molecular weight is 416 g/mol. The first-order valence-corrected chi connectivity index (χ1v) is 10.6. The Hall–Kier alpha value is -2.66. The molecule has 2 fully saturated rings. The predicted molar refractivity (Wildman–Crippen MR) is 110 cm³/mol. The fourth-order valence-corrected chi connectivity index (χ4v) is 4.23. The van der Waals surface area contributed by atoms with Crippen molar-refractivity contribution < 1.29 is 18.7 Å². The molecule has 2 unspecified atom stereocenters. The van der Waals surface area contributed by atoms with Crippen LogP contribution in [0.15, 0.2) is 18.2 Å². The number of benzene rings is 1. The molecule has 2 saturated heterocycles. The molecule has 2 aliphatic heterocycles. The molecule has 0 saturated carbocycles. The Morgan fingerprint density at radius 3 is 2.63 bits per heavy atom. The molecule has 162 valence electrons. The first-order chi connectivity index (χ1) is 14.4. The third-order valence-corrected chi connectivity index (χ3v) is 5.99. The zero-order chi connectivity index (χ0) is 21.7. The van der Waals surface area contributed by atoms with Crippen LogP contribution in [0.2, 0.25) is 0 Å². The van der Waals surface area contributed by atoms with Crippen molar-refractivity contribution in [3.63, 3.8) is 0 Å². The predicted octanol–water partition coefficient (Wildman–Crippen LogP) is 2.01. The largest absolute Gasteiger partial charge is 0.466 e. The summed E-state index contributed by atoms with van der Waals surface area (Å²) in [5.74, 6) is -0.835. The summed E-state index contributed by atoms with van der Waals surface area (Å²) in [5.41, 5.74) is 0.790. The molecule has 0 bridgehead atoms. The molecular weight excluding hydrogens is 387 g/mol. The molecule has 1 aromatic carbocycles. The van der Waals surface area contributed by atoms with Crippen molar-refractivity contribution in [1.82, 2.24) is 9.80 Å². The van der Waals surface area contributed by atoms with Crippen molar-refractivity contribution in [1.29, 1.82) is 5.26 Å². The van der Waals surface area contributed by atoms with E-state index in [0.29, 0.717) is 57.1 Å². The second kappa shape index (κ2) is 9.90. The van der Waals surface area contributed by atoms with E-state index in [1.165, 1.54) is 6.07 Å². The van der Waals surface area contributed by atoms with Gasteiger partial charge in [-0.25, -0.2) is 4.39 Å². The van der Waals surface area contributed by atoms with Crippen molar-refractivity contribution in [3.8, 4) is 6.07 Å². The number of piperazine rings is 1. The molecule has 0 aliphatic carbocycles. The highest BCUT2D eigenvalue weighted by Gasteiger charge is 2.34. The molecule has 3 rings (SSSR count). The summed E-state index contributed by atoms with van der Waals surface area (Å²) in [5, 5.41) is 8.89. The van der Waals surface area contributed by atoms with Gasteiger partial charge in [0.2, 0.25) is 5.91 Å². The molecule has 0 N–H and O–H groups in total. The van der Waals surface area contributed by atoms with Gasteiger partial charge >= 0.3 is 5.97 Å². The number of halogens is 1. The SMILES string of the molecule is CCOC(=O)C1CCCN(C(=O)C(C)N2CCN(c3ccc(C#N)cc3F)CC2)C1. The minimum Gasteiger partial charge on any atom is -0.466 e. The van der Waals surface area contributed by atoms with Crippen LogP contribution in [0.25, 0.3) is 0 Å². The number of esters is 1. The Morgan fingerprint density at radius 2 is 2.00 bits per heavy atom. The summed E-state index contributed by atoms with van der Waals surface area (Å²) >= 11 is 0. The molecule has 1 aromatic rings. The number of carbonyl (C=O) groups is 2. The number of hydrogen-bond donors (Lipinski definition) is 0. The maximum absolute atomic E-state index is 14.3. The molecule has 30 heavy (non-hydrogen) atoms. The molecule has 0 aromatic heterocycles. The third-order valence-electron chi connectivity index (χ3n) is 5.99. The Labute approximate surface area is 177 Å². The van der Waals surface area contributed by atoms with Crippen LogP contribution in [-0.4, -0.2) is 73.6 Å². The van der Waals surface area contributed by atoms with Crippen LogP contribution in [0.5, 0.6) is 0 Å². The Morgan fingerprint density at radius 1 is 1.27 bits per heavy atom. The molecule has 0 radical (unpaired) electrons. The number of piperidine rings is 1. The van der Waals surface area contributed by atoms with Crippen LogP contribution < -0.4 is 4.90 Å². The number of amides is 1. The van der Waals surface area contributed by atoms with Gasteiger partial charge in [-0.2, -0.15) is 5.26 Å². The van der Waals surface area contributed by atoms with Crippen LogP contribution in [0, 0.1) is 23.1 Å². The molecule has 8 heteroatoms. The first kappa shape index (κ1) is 22.0. The summed E-state index contributed by atoms with van der Waals surface area (Å²) in [4.78, 5) is 30.9. The lowest BCUT2D eigenvalue weighted by molar-refractivity contribution is -0.152. The number of likely N-dealkylation sites (tertiary alicyclic amines) is 1. The number of anilines is 1. The standard InChI is InChI=1S/C22H29FN4O3/c1-3-30-22(29)18-5-4-8-27(15-18)21(28)16(2)25-9-11-26(12-10-25)20-7-6-17(14-24)13-19(20)23/h6-7,13,16,18H,3-5,8-12,15H2,1-2H3. The molecule has 2 heterocycles. The normalized spacial score (nSPS) is 21.1. The van der Waals surface area contributed by atoms with Crippen LogP contribution in [0.4, 0.5) is 10.1 Å². The summed E-state index contributed by atoms with van der Waals surface area (Å²) in [6.07, 6.45) is 1.56. The summed E-state index contributed by atoms with van der Waals surface area (Å²) < 4.78 is 19.4. The fourth-order valence-electron chi connectivity index (χ4n) is 4.23. The van der Waals surface area contributed by atoms with E-state index < -0.39 is 5.82 Å². The Balaban J connectivity index is 1.56. The molecule has 7 nitrogen and oxygen atoms in total. The van der Waals surface area contributed by atoms with Crippen molar-refractivity contribution in [3.05, 3.63) is 29.6 Å². The van der Waals surface area contributed by atoms with Gasteiger partial charge in [0.15, 0.2) is 0 Å². The molecule has 0 spiro atoms. The second-order valence-electron chi connectivity index (χ2n) is 7.85. The van der Waals surface area contributed by atoms with Gasteiger partial charge in [-0.15, -0.1) is 0 Å². The lowest BCUT2D eigenvalue weighted by Gasteiger charge is -2.41. The Bertz CT molecular complexity index is 817. The molecule has 1 amide bonds. The van der Waals surface area contributed by atoms with Crippen molar-refractivity contribution in [2.24, 2.45) is 5.92 Å². The fraction of sp³-hybridized carbons (Fsp3) is 0.591. The van der Waals surface area contributed by atoms with Gasteiger partial charge in [0.1, 0.15) is 5.82 Å². The van der Waals surface area contributed by atoms with Gasteiger partial charge in [0, 0.05) is 39.3 Å². The highest BCUT2D eigenvalue weighted by Crippen LogP contribution is 2.24. The van der Waals surface area contributed by atoms with Crippen molar-refractivity contribution >= 4 is 17.6 Å². The van der Waals surface area contributed by atoms with Gasteiger partial charge in [-0.05, 0) is 44.9 Å². The number of nitriles is 1. The summed E-state index contributed by atoms with van der Waals surface area (Å²) in [6, 6.07) is 6.16. The van der Waals surface area contributed by atoms with Crippen LogP contribution >= 0.6 is 0 Å². The van der Waals surface area contributed by atoms with E-state index in [1.807, 2.05) is 17.9 Å². The molecule has 2 atom stereocenters. The number of rotatable bonds is 5. The summed E-state index contributed by atoms with van der Waals surface area (Å²) in [6.45, 7) is 7.60. The number of carbonyl (C=O) groups excluding carboxylic acids is 2. The van der Waals surface area contributed by atoms with E-state index >= 15 is 0 Å². The van der Waals surface area contributed by atoms with E-state index in [9.17, 15) is 14.0 Å². The van der Waals surface area contributed by atoms with Gasteiger partial charge < -0.3 is 14.5 Å². The maximum Gasteiger partial charge on any atom is 0.310 e. The van der Waals surface area contributed by atoms with E-state index in [2.05, 4.69) is 4.90 Å². The number of ether oxygens (including phenoxy) is 1. The number of nitrogens with zero attached hydrogens (tertiary/aromatic N) is 4. The van der Waals surface area contributed by atoms with E-state index in [4.69, 9.17) is 10.00 Å². The van der Waals surface area contributed by atoms with Crippen LogP contribution in [0.1, 0.15) is 32.3 Å². The lowest BCUT2D eigenvalue weighted by Crippen LogP contribution is -2.56. The monoisotopic (exact) mass is 416 g/mol. The lowest BCUT2D eigenvalue weighted by atomic mass is 9.97. The summed E-state index contributed by atoms with van der Waals surface area (Å²) in [7, 11) is 0. The minimum atomic E-state index is -0.398. The molecular formula is C22H29FN4O3. The van der Waals surface area contributed by atoms with Crippen molar-refractivity contribution in [2.45, 2.75) is 32.7 Å². The van der Waals surface area contributed by atoms with Gasteiger partial charge in [-0.3, -0.25) is 14.5 Å². The second-order valence-corrected chi connectivity index (χ2v) is 7.85. The van der Waals surface area contributed by atoms with Gasteiger partial charge in [-0.1, -0.05) is 0 Å². The highest BCUT2D eigenvalue weighted by atomic mass is 19.1. The molecule has 2 aliphatic rings. The van der Waals surface area contributed by atoms with Gasteiger partial charge in [0.05, 0.1) is 35.9 Å².